The van der Waals surface area contributed by atoms with Crippen molar-refractivity contribution in [3.63, 3.8) is 0 Å². The molecule has 5 nitrogen and oxygen atoms in total. The highest BCUT2D eigenvalue weighted by Crippen LogP contribution is 2.44. The van der Waals surface area contributed by atoms with Crippen molar-refractivity contribution < 1.29 is 0 Å². The fraction of sp³-hybridized carbons (Fsp3) is 0. The van der Waals surface area contributed by atoms with Gasteiger partial charge in [-0.25, -0.2) is 9.69 Å². The first-order valence-electron chi connectivity index (χ1n) is 16.2. The summed E-state index contributed by atoms with van der Waals surface area (Å²) in [6, 6.07) is 53.2. The number of aromatic nitrogens is 2. The molecule has 0 N–H and O–H groups in total. The summed E-state index contributed by atoms with van der Waals surface area (Å²) >= 11 is 0. The van der Waals surface area contributed by atoms with Crippen LogP contribution in [0.25, 0.3) is 86.9 Å². The second kappa shape index (κ2) is 11.4. The third-order valence-electron chi connectivity index (χ3n) is 9.60. The fourth-order valence-electron chi connectivity index (χ4n) is 7.44. The Morgan fingerprint density at radius 2 is 1.12 bits per heavy atom. The highest BCUT2D eigenvalue weighted by atomic mass is 15.0. The number of hydrogen-bond donors (Lipinski definition) is 0. The summed E-state index contributed by atoms with van der Waals surface area (Å²) in [6.07, 6.45) is 0. The minimum atomic E-state index is 0.575. The molecule has 0 bridgehead atoms. The number of rotatable bonds is 4. The minimum Gasteiger partial charge on any atom is -0.309 e. The topological polar surface area (TPSA) is 42.4 Å². The maximum atomic E-state index is 9.57. The zero-order valence-electron chi connectivity index (χ0n) is 26.7. The van der Waals surface area contributed by atoms with Crippen molar-refractivity contribution in [1.82, 2.24) is 9.13 Å². The van der Waals surface area contributed by atoms with Gasteiger partial charge in [-0.3, -0.25) is 0 Å². The average molecular weight is 636 g/mol. The standard InChI is InChI=1S/C45H25N5/c1-47-31-21-25-44-38(27-31)35-11-4-7-16-41(35)50(44)42-17-8-5-12-36(42)45-33(13-9-14-39(45)48-2)30-19-22-32(23-20-30)49-40-15-6-3-10-34(40)37-26-29(28-46)18-24-43(37)49/h3-27H. The Bertz CT molecular complexity index is 2960. The number of benzene rings is 7. The molecule has 0 radical (unpaired) electrons. The first kappa shape index (κ1) is 28.8. The van der Waals surface area contributed by atoms with Crippen molar-refractivity contribution in [2.45, 2.75) is 0 Å². The molecule has 2 heterocycles. The molecule has 0 saturated heterocycles. The van der Waals surface area contributed by atoms with Crippen LogP contribution >= 0.6 is 0 Å². The number of nitriles is 1. The highest BCUT2D eigenvalue weighted by molar-refractivity contribution is 6.12. The molecule has 0 unspecified atom stereocenters. The lowest BCUT2D eigenvalue weighted by atomic mass is 9.92. The van der Waals surface area contributed by atoms with Gasteiger partial charge in [0.05, 0.1) is 52.5 Å². The van der Waals surface area contributed by atoms with Gasteiger partial charge in [-0.05, 0) is 88.3 Å². The summed E-state index contributed by atoms with van der Waals surface area (Å²) in [5.74, 6) is 0. The molecule has 9 rings (SSSR count). The van der Waals surface area contributed by atoms with Gasteiger partial charge in [0, 0.05) is 21.8 Å². The number of fused-ring (bicyclic) bond motifs is 6. The Hall–Kier alpha value is -7.39. The van der Waals surface area contributed by atoms with Gasteiger partial charge in [0.15, 0.2) is 11.4 Å². The lowest BCUT2D eigenvalue weighted by molar-refractivity contribution is 1.18. The first-order chi connectivity index (χ1) is 24.7. The molecule has 0 aliphatic rings. The van der Waals surface area contributed by atoms with Gasteiger partial charge in [0.1, 0.15) is 0 Å². The Labute approximate surface area is 288 Å². The average Bonchev–Trinajstić information content (AvgIpc) is 3.69. The molecule has 0 atom stereocenters. The summed E-state index contributed by atoms with van der Waals surface area (Å²) in [7, 11) is 0. The van der Waals surface area contributed by atoms with Crippen LogP contribution in [0.2, 0.25) is 0 Å². The van der Waals surface area contributed by atoms with E-state index in [1.165, 1.54) is 0 Å². The molecule has 2 aromatic heterocycles. The molecule has 7 aromatic carbocycles. The fourth-order valence-corrected chi connectivity index (χ4v) is 7.44. The molecule has 0 fully saturated rings. The first-order valence-corrected chi connectivity index (χ1v) is 16.2. The third kappa shape index (κ3) is 4.31. The monoisotopic (exact) mass is 635 g/mol. The number of para-hydroxylation sites is 3. The van der Waals surface area contributed by atoms with Crippen LogP contribution in [0.5, 0.6) is 0 Å². The van der Waals surface area contributed by atoms with Gasteiger partial charge in [-0.15, -0.1) is 0 Å². The van der Waals surface area contributed by atoms with Gasteiger partial charge in [0.2, 0.25) is 0 Å². The molecular weight excluding hydrogens is 611 g/mol. The van der Waals surface area contributed by atoms with Gasteiger partial charge in [-0.1, -0.05) is 91.0 Å². The summed E-state index contributed by atoms with van der Waals surface area (Å²) in [6.45, 7) is 15.8. The second-order valence-corrected chi connectivity index (χ2v) is 12.2. The maximum absolute atomic E-state index is 9.57. The summed E-state index contributed by atoms with van der Waals surface area (Å²) in [5, 5.41) is 13.8. The van der Waals surface area contributed by atoms with Gasteiger partial charge < -0.3 is 9.13 Å². The van der Waals surface area contributed by atoms with Crippen molar-refractivity contribution in [1.29, 1.82) is 5.26 Å². The molecule has 50 heavy (non-hydrogen) atoms. The van der Waals surface area contributed by atoms with Crippen LogP contribution in [-0.2, 0) is 0 Å². The largest absolute Gasteiger partial charge is 0.309 e. The minimum absolute atomic E-state index is 0.575. The highest BCUT2D eigenvalue weighted by Gasteiger charge is 2.20. The zero-order chi connectivity index (χ0) is 33.8. The molecule has 0 saturated carbocycles. The molecule has 0 spiro atoms. The predicted molar refractivity (Wildman–Crippen MR) is 203 cm³/mol. The van der Waals surface area contributed by atoms with E-state index in [0.29, 0.717) is 16.9 Å². The van der Waals surface area contributed by atoms with Crippen LogP contribution in [0.15, 0.2) is 152 Å². The Balaban J connectivity index is 1.24. The summed E-state index contributed by atoms with van der Waals surface area (Å²) in [4.78, 5) is 7.72. The van der Waals surface area contributed by atoms with Crippen LogP contribution < -0.4 is 0 Å². The van der Waals surface area contributed by atoms with E-state index >= 15 is 0 Å². The predicted octanol–water partition coefficient (Wildman–Crippen LogP) is 12.2. The van der Waals surface area contributed by atoms with Gasteiger partial charge >= 0.3 is 0 Å². The van der Waals surface area contributed by atoms with Gasteiger partial charge in [-0.2, -0.15) is 5.26 Å². The normalized spacial score (nSPS) is 11.1. The molecule has 0 aliphatic heterocycles. The van der Waals surface area contributed by atoms with E-state index < -0.39 is 0 Å². The van der Waals surface area contributed by atoms with E-state index in [0.717, 1.165) is 77.2 Å². The molecule has 0 aliphatic carbocycles. The quantitative estimate of drug-likeness (QED) is 0.177. The SMILES string of the molecule is [C-]#[N+]c1ccc2c(c1)c1ccccc1n2-c1ccccc1-c1c([N+]#[C-])cccc1-c1ccc(-n2c3ccccc3c3cc(C#N)ccc32)cc1. The molecule has 230 valence electrons. The number of nitrogens with zero attached hydrogens (tertiary/aromatic N) is 5. The van der Waals surface area contributed by atoms with Crippen molar-refractivity contribution in [2.24, 2.45) is 0 Å². The smallest absolute Gasteiger partial charge is 0.195 e. The number of hydrogen-bond acceptors (Lipinski definition) is 1. The molecule has 5 heteroatoms. The molecular formula is C45H25N5. The Morgan fingerprint density at radius 3 is 1.86 bits per heavy atom. The maximum Gasteiger partial charge on any atom is 0.195 e. The zero-order valence-corrected chi connectivity index (χ0v) is 26.7. The molecule has 0 amide bonds. The van der Waals surface area contributed by atoms with Crippen LogP contribution in [-0.4, -0.2) is 9.13 Å². The van der Waals surface area contributed by atoms with E-state index in [1.54, 1.807) is 0 Å². The summed E-state index contributed by atoms with van der Waals surface area (Å²) in [5.41, 5.74) is 11.7. The Morgan fingerprint density at radius 1 is 0.500 bits per heavy atom. The van der Waals surface area contributed by atoms with E-state index in [1.807, 2.05) is 84.9 Å². The molecule has 9 aromatic rings. The van der Waals surface area contributed by atoms with Crippen LogP contribution in [0.1, 0.15) is 5.56 Å². The van der Waals surface area contributed by atoms with Crippen molar-refractivity contribution in [3.8, 4) is 39.7 Å². The van der Waals surface area contributed by atoms with Crippen molar-refractivity contribution in [2.75, 3.05) is 0 Å². The van der Waals surface area contributed by atoms with Crippen LogP contribution in [0, 0.1) is 24.5 Å². The van der Waals surface area contributed by atoms with Crippen LogP contribution in [0.3, 0.4) is 0 Å². The lowest BCUT2D eigenvalue weighted by Crippen LogP contribution is -1.98. The summed E-state index contributed by atoms with van der Waals surface area (Å²) < 4.78 is 4.49. The Kier molecular flexibility index (Phi) is 6.56. The lowest BCUT2D eigenvalue weighted by Gasteiger charge is -2.18. The van der Waals surface area contributed by atoms with E-state index in [2.05, 4.69) is 91.6 Å². The third-order valence-corrected chi connectivity index (χ3v) is 9.60. The second-order valence-electron chi connectivity index (χ2n) is 12.2. The van der Waals surface area contributed by atoms with E-state index in [4.69, 9.17) is 13.1 Å². The van der Waals surface area contributed by atoms with Crippen molar-refractivity contribution in [3.05, 3.63) is 180 Å². The van der Waals surface area contributed by atoms with Crippen molar-refractivity contribution >= 4 is 55.0 Å². The van der Waals surface area contributed by atoms with Crippen LogP contribution in [0.4, 0.5) is 11.4 Å². The van der Waals surface area contributed by atoms with Gasteiger partial charge in [0.25, 0.3) is 0 Å². The van der Waals surface area contributed by atoms with E-state index in [9.17, 15) is 5.26 Å². The van der Waals surface area contributed by atoms with E-state index in [-0.39, 0.29) is 0 Å².